The molecule has 0 aliphatic heterocycles. The predicted molar refractivity (Wildman–Crippen MR) is 58.3 cm³/mol. The monoisotopic (exact) mass is 207 g/mol. The molecule has 0 atom stereocenters. The lowest BCUT2D eigenvalue weighted by atomic mass is 10.2. The molecule has 0 radical (unpaired) electrons. The Kier molecular flexibility index (Phi) is 2.65. The van der Waals surface area contributed by atoms with Crippen LogP contribution in [0, 0.1) is 6.92 Å². The maximum absolute atomic E-state index is 5.61. The van der Waals surface area contributed by atoms with Gasteiger partial charge in [0.25, 0.3) is 0 Å². The molecular formula is C10H13N3S. The van der Waals surface area contributed by atoms with E-state index in [-0.39, 0.29) is 0 Å². The van der Waals surface area contributed by atoms with Crippen LogP contribution in [0.4, 0.5) is 0 Å². The van der Waals surface area contributed by atoms with Crippen LogP contribution in [-0.4, -0.2) is 8.94 Å². The fraction of sp³-hybridized carbons (Fsp3) is 0.300. The smallest absolute Gasteiger partial charge is 0.0582 e. The van der Waals surface area contributed by atoms with E-state index in [0.29, 0.717) is 6.54 Å². The molecule has 74 valence electrons. The molecule has 2 N–H and O–H groups in total. The lowest BCUT2D eigenvalue weighted by Gasteiger charge is -2.04. The quantitative estimate of drug-likeness (QED) is 0.833. The molecule has 2 aromatic heterocycles. The third-order valence-corrected chi connectivity index (χ3v) is 3.12. The highest BCUT2D eigenvalue weighted by Crippen LogP contribution is 2.13. The summed E-state index contributed by atoms with van der Waals surface area (Å²) in [6.07, 6.45) is 3.92. The highest BCUT2D eigenvalue weighted by atomic mass is 32.1. The van der Waals surface area contributed by atoms with Crippen molar-refractivity contribution in [2.45, 2.75) is 20.0 Å². The van der Waals surface area contributed by atoms with Gasteiger partial charge in [0.1, 0.15) is 0 Å². The van der Waals surface area contributed by atoms with Gasteiger partial charge in [0, 0.05) is 29.5 Å². The maximum Gasteiger partial charge on any atom is 0.0582 e. The molecule has 0 unspecified atom stereocenters. The molecule has 0 aromatic carbocycles. The first-order valence-corrected chi connectivity index (χ1v) is 5.33. The van der Waals surface area contributed by atoms with Gasteiger partial charge in [-0.3, -0.25) is 0 Å². The normalized spacial score (nSPS) is 10.7. The molecule has 0 aliphatic carbocycles. The molecule has 3 nitrogen and oxygen atoms in total. The number of nitrogens with two attached hydrogens (primary N) is 1. The SMILES string of the molecule is Cc1c(CN)ccn1Cc1ccns1. The van der Waals surface area contributed by atoms with Gasteiger partial charge in [-0.2, -0.15) is 0 Å². The van der Waals surface area contributed by atoms with E-state index in [0.717, 1.165) is 6.54 Å². The second kappa shape index (κ2) is 3.94. The zero-order valence-corrected chi connectivity index (χ0v) is 8.92. The molecule has 2 rings (SSSR count). The number of aromatic nitrogens is 2. The molecule has 2 heterocycles. The van der Waals surface area contributed by atoms with Gasteiger partial charge in [0.05, 0.1) is 6.54 Å². The molecule has 0 amide bonds. The van der Waals surface area contributed by atoms with Gasteiger partial charge in [-0.15, -0.1) is 0 Å². The molecule has 0 saturated heterocycles. The number of nitrogens with zero attached hydrogens (tertiary/aromatic N) is 2. The zero-order chi connectivity index (χ0) is 9.97. The Labute approximate surface area is 87.3 Å². The minimum Gasteiger partial charge on any atom is -0.346 e. The number of hydrogen-bond donors (Lipinski definition) is 1. The van der Waals surface area contributed by atoms with E-state index in [1.807, 2.05) is 12.3 Å². The van der Waals surface area contributed by atoms with Crippen molar-refractivity contribution < 1.29 is 0 Å². The van der Waals surface area contributed by atoms with Crippen molar-refractivity contribution in [3.05, 3.63) is 40.7 Å². The van der Waals surface area contributed by atoms with Gasteiger partial charge in [-0.1, -0.05) is 0 Å². The Morgan fingerprint density at radius 2 is 2.36 bits per heavy atom. The predicted octanol–water partition coefficient (Wildman–Crippen LogP) is 1.76. The van der Waals surface area contributed by atoms with Crippen molar-refractivity contribution >= 4 is 11.5 Å². The van der Waals surface area contributed by atoms with Crippen LogP contribution in [0.1, 0.15) is 16.1 Å². The Bertz CT molecular complexity index is 403. The summed E-state index contributed by atoms with van der Waals surface area (Å²) in [6.45, 7) is 3.61. The van der Waals surface area contributed by atoms with Gasteiger partial charge in [-0.25, -0.2) is 4.37 Å². The Balaban J connectivity index is 2.21. The average molecular weight is 207 g/mol. The summed E-state index contributed by atoms with van der Waals surface area (Å²) in [7, 11) is 0. The van der Waals surface area contributed by atoms with Crippen molar-refractivity contribution in [3.8, 4) is 0 Å². The summed E-state index contributed by atoms with van der Waals surface area (Å²) >= 11 is 1.54. The van der Waals surface area contributed by atoms with Gasteiger partial charge < -0.3 is 10.3 Å². The van der Waals surface area contributed by atoms with Crippen molar-refractivity contribution in [1.82, 2.24) is 8.94 Å². The fourth-order valence-corrected chi connectivity index (χ4v) is 2.05. The summed E-state index contributed by atoms with van der Waals surface area (Å²) < 4.78 is 6.28. The van der Waals surface area contributed by atoms with E-state index in [2.05, 4.69) is 28.1 Å². The van der Waals surface area contributed by atoms with Crippen LogP contribution in [0.3, 0.4) is 0 Å². The minimum absolute atomic E-state index is 0.613. The van der Waals surface area contributed by atoms with E-state index < -0.39 is 0 Å². The van der Waals surface area contributed by atoms with Crippen LogP contribution >= 0.6 is 11.5 Å². The van der Waals surface area contributed by atoms with Crippen molar-refractivity contribution in [3.63, 3.8) is 0 Å². The second-order valence-electron chi connectivity index (χ2n) is 3.24. The fourth-order valence-electron chi connectivity index (χ4n) is 1.48. The van der Waals surface area contributed by atoms with E-state index in [9.17, 15) is 0 Å². The van der Waals surface area contributed by atoms with E-state index >= 15 is 0 Å². The van der Waals surface area contributed by atoms with Gasteiger partial charge >= 0.3 is 0 Å². The number of hydrogen-bond acceptors (Lipinski definition) is 3. The summed E-state index contributed by atoms with van der Waals surface area (Å²) in [5, 5.41) is 0. The van der Waals surface area contributed by atoms with Crippen LogP contribution < -0.4 is 5.73 Å². The lowest BCUT2D eigenvalue weighted by molar-refractivity contribution is 0.780. The summed E-state index contributed by atoms with van der Waals surface area (Å²) in [5.41, 5.74) is 8.08. The highest BCUT2D eigenvalue weighted by molar-refractivity contribution is 7.05. The van der Waals surface area contributed by atoms with E-state index in [1.54, 1.807) is 11.5 Å². The Morgan fingerprint density at radius 1 is 1.50 bits per heavy atom. The number of rotatable bonds is 3. The minimum atomic E-state index is 0.613. The first-order valence-electron chi connectivity index (χ1n) is 4.55. The van der Waals surface area contributed by atoms with Crippen molar-refractivity contribution in [2.24, 2.45) is 5.73 Å². The molecule has 0 bridgehead atoms. The van der Waals surface area contributed by atoms with Crippen LogP contribution in [0.5, 0.6) is 0 Å². The topological polar surface area (TPSA) is 43.8 Å². The second-order valence-corrected chi connectivity index (χ2v) is 4.15. The Morgan fingerprint density at radius 3 is 2.93 bits per heavy atom. The molecular weight excluding hydrogens is 194 g/mol. The Hall–Kier alpha value is -1.13. The highest BCUT2D eigenvalue weighted by Gasteiger charge is 2.03. The third-order valence-electron chi connectivity index (χ3n) is 2.39. The molecule has 14 heavy (non-hydrogen) atoms. The maximum atomic E-state index is 5.61. The zero-order valence-electron chi connectivity index (χ0n) is 8.10. The lowest BCUT2D eigenvalue weighted by Crippen LogP contribution is -2.02. The molecule has 0 aliphatic rings. The first-order chi connectivity index (χ1) is 6.81. The van der Waals surface area contributed by atoms with Crippen LogP contribution in [0.15, 0.2) is 24.5 Å². The summed E-state index contributed by atoms with van der Waals surface area (Å²) in [6, 6.07) is 4.13. The van der Waals surface area contributed by atoms with Crippen LogP contribution in [0.25, 0.3) is 0 Å². The molecule has 0 spiro atoms. The molecule has 0 fully saturated rings. The largest absolute Gasteiger partial charge is 0.346 e. The van der Waals surface area contributed by atoms with Crippen LogP contribution in [0.2, 0.25) is 0 Å². The van der Waals surface area contributed by atoms with Crippen molar-refractivity contribution in [2.75, 3.05) is 0 Å². The molecule has 2 aromatic rings. The van der Waals surface area contributed by atoms with Crippen molar-refractivity contribution in [1.29, 1.82) is 0 Å². The van der Waals surface area contributed by atoms with Crippen LogP contribution in [-0.2, 0) is 13.1 Å². The third kappa shape index (κ3) is 1.71. The van der Waals surface area contributed by atoms with E-state index in [4.69, 9.17) is 5.73 Å². The van der Waals surface area contributed by atoms with E-state index in [1.165, 1.54) is 16.1 Å². The summed E-state index contributed by atoms with van der Waals surface area (Å²) in [4.78, 5) is 1.27. The van der Waals surface area contributed by atoms with Gasteiger partial charge in [0.2, 0.25) is 0 Å². The van der Waals surface area contributed by atoms with Gasteiger partial charge in [0.15, 0.2) is 0 Å². The average Bonchev–Trinajstić information content (AvgIpc) is 2.79. The summed E-state index contributed by atoms with van der Waals surface area (Å²) in [5.74, 6) is 0. The first kappa shape index (κ1) is 9.43. The standard InChI is InChI=1S/C10H13N3S/c1-8-9(6-11)3-5-13(8)7-10-2-4-12-14-10/h2-5H,6-7,11H2,1H3. The molecule has 4 heteroatoms. The molecule has 0 saturated carbocycles. The van der Waals surface area contributed by atoms with Gasteiger partial charge in [-0.05, 0) is 36.2 Å².